The molecule has 6 heteroatoms. The van der Waals surface area contributed by atoms with E-state index >= 15 is 0 Å². The van der Waals surface area contributed by atoms with Crippen molar-refractivity contribution < 1.29 is 15.1 Å². The molecular weight excluding hydrogens is 343 g/mol. The van der Waals surface area contributed by atoms with Crippen LogP contribution >= 0.6 is 23.0 Å². The molecule has 0 N–H and O–H groups in total. The highest BCUT2D eigenvalue weighted by molar-refractivity contribution is 14.1. The van der Waals surface area contributed by atoms with Gasteiger partial charge in [-0.25, -0.2) is 0 Å². The van der Waals surface area contributed by atoms with Gasteiger partial charge >= 0.3 is 10.4 Å². The first-order chi connectivity index (χ1) is 7.24. The molecule has 4 nitrogen and oxygen atoms in total. The SMILES string of the molecule is CC(C)(C)c1ccc(OS(=O)(=O)OI)cc1. The van der Waals surface area contributed by atoms with Crippen molar-refractivity contribution in [2.75, 3.05) is 0 Å². The van der Waals surface area contributed by atoms with E-state index < -0.39 is 10.4 Å². The number of hydrogen-bond donors (Lipinski definition) is 0. The van der Waals surface area contributed by atoms with E-state index in [1.165, 1.54) is 23.0 Å². The Balaban J connectivity index is 2.89. The van der Waals surface area contributed by atoms with Crippen LogP contribution in [0.25, 0.3) is 0 Å². The monoisotopic (exact) mass is 356 g/mol. The van der Waals surface area contributed by atoms with Crippen molar-refractivity contribution in [2.24, 2.45) is 0 Å². The van der Waals surface area contributed by atoms with Crippen molar-refractivity contribution in [3.63, 3.8) is 0 Å². The van der Waals surface area contributed by atoms with Crippen LogP contribution in [0.4, 0.5) is 0 Å². The predicted molar refractivity (Wildman–Crippen MR) is 69.8 cm³/mol. The highest BCUT2D eigenvalue weighted by atomic mass is 127. The molecule has 0 fully saturated rings. The van der Waals surface area contributed by atoms with Gasteiger partial charge in [0.25, 0.3) is 0 Å². The Morgan fingerprint density at radius 2 is 1.62 bits per heavy atom. The summed E-state index contributed by atoms with van der Waals surface area (Å²) >= 11 is 1.26. The molecular formula is C10H13IO4S. The van der Waals surface area contributed by atoms with Gasteiger partial charge < -0.3 is 4.18 Å². The molecule has 0 aliphatic heterocycles. The molecule has 0 radical (unpaired) electrons. The lowest BCUT2D eigenvalue weighted by molar-refractivity contribution is 0.427. The second-order valence-corrected chi connectivity index (χ2v) is 6.52. The number of halogens is 1. The molecule has 90 valence electrons. The number of hydrogen-bond acceptors (Lipinski definition) is 4. The van der Waals surface area contributed by atoms with E-state index in [1.807, 2.05) is 12.1 Å². The number of benzene rings is 1. The van der Waals surface area contributed by atoms with Gasteiger partial charge in [0, 0.05) is 0 Å². The third-order valence-electron chi connectivity index (χ3n) is 2.00. The van der Waals surface area contributed by atoms with Gasteiger partial charge in [0.1, 0.15) is 28.8 Å². The lowest BCUT2D eigenvalue weighted by atomic mass is 9.87. The zero-order valence-corrected chi connectivity index (χ0v) is 12.2. The van der Waals surface area contributed by atoms with Crippen LogP contribution < -0.4 is 4.18 Å². The first-order valence-corrected chi connectivity index (χ1v) is 6.81. The standard InChI is InChI=1S/C10H13IO4S/c1-10(2,3)8-4-6-9(7-5-8)14-16(12,13)15-11/h4-7H,1-3H3. The average Bonchev–Trinajstić information content (AvgIpc) is 2.16. The second kappa shape index (κ2) is 4.89. The Labute approximate surface area is 110 Å². The van der Waals surface area contributed by atoms with Gasteiger partial charge in [0.2, 0.25) is 0 Å². The van der Waals surface area contributed by atoms with E-state index in [0.29, 0.717) is 0 Å². The summed E-state index contributed by atoms with van der Waals surface area (Å²) in [4.78, 5) is 0. The zero-order chi connectivity index (χ0) is 12.4. The van der Waals surface area contributed by atoms with Crippen LogP contribution in [-0.4, -0.2) is 8.42 Å². The summed E-state index contributed by atoms with van der Waals surface area (Å²) in [5.41, 5.74) is 1.13. The smallest absolute Gasteiger partial charge is 0.361 e. The van der Waals surface area contributed by atoms with Crippen LogP contribution in [0.15, 0.2) is 24.3 Å². The summed E-state index contributed by atoms with van der Waals surface area (Å²) in [6, 6.07) is 6.87. The summed E-state index contributed by atoms with van der Waals surface area (Å²) in [5, 5.41) is 0. The largest absolute Gasteiger partial charge is 0.458 e. The van der Waals surface area contributed by atoms with Gasteiger partial charge in [-0.2, -0.15) is 10.9 Å². The van der Waals surface area contributed by atoms with Crippen LogP contribution in [0, 0.1) is 0 Å². The minimum absolute atomic E-state index is 0.0250. The Bertz CT molecular complexity index is 445. The van der Waals surface area contributed by atoms with Crippen molar-refractivity contribution in [1.82, 2.24) is 0 Å². The summed E-state index contributed by atoms with van der Waals surface area (Å²) < 4.78 is 30.8. The molecule has 0 saturated carbocycles. The molecule has 0 bridgehead atoms. The Morgan fingerprint density at radius 3 is 2.00 bits per heavy atom. The van der Waals surface area contributed by atoms with Crippen LogP contribution in [-0.2, 0) is 18.3 Å². The van der Waals surface area contributed by atoms with Gasteiger partial charge in [-0.15, -0.1) is 0 Å². The maximum atomic E-state index is 11.0. The molecule has 0 aromatic heterocycles. The Hall–Kier alpha value is -0.340. The van der Waals surface area contributed by atoms with Gasteiger partial charge in [0.05, 0.1) is 0 Å². The molecule has 0 aliphatic rings. The van der Waals surface area contributed by atoms with Crippen molar-refractivity contribution in [2.45, 2.75) is 26.2 Å². The van der Waals surface area contributed by atoms with E-state index in [2.05, 4.69) is 27.5 Å². The molecule has 0 unspecified atom stereocenters. The van der Waals surface area contributed by atoms with E-state index in [1.54, 1.807) is 12.1 Å². The first-order valence-electron chi connectivity index (χ1n) is 4.60. The normalized spacial score (nSPS) is 12.5. The lowest BCUT2D eigenvalue weighted by Gasteiger charge is -2.18. The molecule has 0 saturated heterocycles. The number of rotatable bonds is 3. The summed E-state index contributed by atoms with van der Waals surface area (Å²) in [5.74, 6) is 0.240. The Kier molecular flexibility index (Phi) is 4.19. The molecule has 0 spiro atoms. The molecule has 16 heavy (non-hydrogen) atoms. The van der Waals surface area contributed by atoms with Crippen molar-refractivity contribution in [3.8, 4) is 5.75 Å². The first kappa shape index (κ1) is 13.7. The van der Waals surface area contributed by atoms with Crippen molar-refractivity contribution in [3.05, 3.63) is 29.8 Å². The van der Waals surface area contributed by atoms with Crippen LogP contribution in [0.2, 0.25) is 0 Å². The molecule has 1 rings (SSSR count). The topological polar surface area (TPSA) is 52.6 Å². The average molecular weight is 356 g/mol. The molecule has 1 aromatic rings. The molecule has 0 heterocycles. The quantitative estimate of drug-likeness (QED) is 0.782. The summed E-state index contributed by atoms with van der Waals surface area (Å²) in [7, 11) is -3.93. The second-order valence-electron chi connectivity index (χ2n) is 4.33. The third-order valence-corrected chi connectivity index (χ3v) is 3.87. The van der Waals surface area contributed by atoms with Crippen LogP contribution in [0.3, 0.4) is 0 Å². The van der Waals surface area contributed by atoms with Crippen LogP contribution in [0.1, 0.15) is 26.3 Å². The third kappa shape index (κ3) is 3.91. The fraction of sp³-hybridized carbons (Fsp3) is 0.400. The maximum absolute atomic E-state index is 11.0. The summed E-state index contributed by atoms with van der Waals surface area (Å²) in [6.45, 7) is 6.23. The molecule has 0 atom stereocenters. The van der Waals surface area contributed by atoms with E-state index in [-0.39, 0.29) is 11.2 Å². The van der Waals surface area contributed by atoms with Crippen LogP contribution in [0.5, 0.6) is 5.75 Å². The van der Waals surface area contributed by atoms with Gasteiger partial charge in [-0.05, 0) is 23.1 Å². The van der Waals surface area contributed by atoms with Crippen molar-refractivity contribution >= 4 is 33.4 Å². The summed E-state index contributed by atoms with van der Waals surface area (Å²) in [6.07, 6.45) is 0. The lowest BCUT2D eigenvalue weighted by Crippen LogP contribution is -2.11. The molecule has 0 amide bonds. The fourth-order valence-electron chi connectivity index (χ4n) is 1.14. The van der Waals surface area contributed by atoms with Gasteiger partial charge in [-0.3, -0.25) is 0 Å². The fourth-order valence-corrected chi connectivity index (χ4v) is 1.73. The highest BCUT2D eigenvalue weighted by Gasteiger charge is 2.15. The molecule has 0 aliphatic carbocycles. The van der Waals surface area contributed by atoms with E-state index in [9.17, 15) is 8.42 Å². The van der Waals surface area contributed by atoms with Gasteiger partial charge in [0.15, 0.2) is 0 Å². The minimum atomic E-state index is -3.93. The van der Waals surface area contributed by atoms with Crippen molar-refractivity contribution in [1.29, 1.82) is 0 Å². The van der Waals surface area contributed by atoms with E-state index in [4.69, 9.17) is 0 Å². The zero-order valence-electron chi connectivity index (χ0n) is 9.23. The highest BCUT2D eigenvalue weighted by Crippen LogP contribution is 2.25. The predicted octanol–water partition coefficient (Wildman–Crippen LogP) is 2.97. The Morgan fingerprint density at radius 1 is 1.12 bits per heavy atom. The maximum Gasteiger partial charge on any atom is 0.458 e. The van der Waals surface area contributed by atoms with Gasteiger partial charge in [-0.1, -0.05) is 32.9 Å². The van der Waals surface area contributed by atoms with E-state index in [0.717, 1.165) is 5.56 Å². The minimum Gasteiger partial charge on any atom is -0.361 e. The molecule has 1 aromatic carbocycles.